The number of rotatable bonds is 16. The van der Waals surface area contributed by atoms with E-state index in [-0.39, 0.29) is 36.5 Å². The predicted octanol–water partition coefficient (Wildman–Crippen LogP) is 4.36. The smallest absolute Gasteiger partial charge is 0.239 e. The monoisotopic (exact) mass is 641 g/mol. The first kappa shape index (κ1) is 36.0. The van der Waals surface area contributed by atoms with Gasteiger partial charge in [0.2, 0.25) is 5.91 Å². The van der Waals surface area contributed by atoms with Crippen molar-refractivity contribution in [3.63, 3.8) is 0 Å². The van der Waals surface area contributed by atoms with Crippen LogP contribution in [0.15, 0.2) is 42.5 Å². The third-order valence-corrected chi connectivity index (χ3v) is 9.02. The number of hydrogen-bond donors (Lipinski definition) is 2. The Labute approximate surface area is 275 Å². The summed E-state index contributed by atoms with van der Waals surface area (Å²) in [6.07, 6.45) is 2.20. The van der Waals surface area contributed by atoms with Crippen molar-refractivity contribution in [3.05, 3.63) is 53.6 Å². The van der Waals surface area contributed by atoms with Crippen LogP contribution in [-0.4, -0.2) is 100 Å². The SMILES string of the molecule is COCCCN1CCOc2ccc(CO[C@H]3CN(C(=O)C(N)CC(C)C)[C@@H](CC(C)(O)COC)C[C@@H]3c3ccc(OC)cc3)cc21. The second-order valence-corrected chi connectivity index (χ2v) is 13.5. The van der Waals surface area contributed by atoms with Gasteiger partial charge in [-0.15, -0.1) is 0 Å². The standard InChI is InChI=1S/C36H55N3O7/c1-25(2)18-31(37)35(40)39-22-34(46-23-26-8-13-33-32(19-26)38(15-17-45-33)14-7-16-42-4)30(27-9-11-29(44-6)12-10-27)20-28(39)21-36(3,41)24-43-5/h8-13,19,25,28,30-31,34,41H,7,14-18,20-24,37H2,1-6H3/t28-,30-,31?,34+,36?/m1/s1. The van der Waals surface area contributed by atoms with Crippen LogP contribution in [0.5, 0.6) is 11.5 Å². The van der Waals surface area contributed by atoms with Crippen molar-refractivity contribution >= 4 is 11.6 Å². The number of benzene rings is 2. The lowest BCUT2D eigenvalue weighted by atomic mass is 9.79. The Hall–Kier alpha value is -2.89. The first-order valence-corrected chi connectivity index (χ1v) is 16.6. The summed E-state index contributed by atoms with van der Waals surface area (Å²) in [6.45, 7) is 9.89. The molecule has 1 saturated heterocycles. The number of nitrogens with two attached hydrogens (primary N) is 1. The maximum absolute atomic E-state index is 13.9. The highest BCUT2D eigenvalue weighted by Crippen LogP contribution is 2.39. The minimum atomic E-state index is -1.11. The van der Waals surface area contributed by atoms with Crippen LogP contribution in [0, 0.1) is 5.92 Å². The fraction of sp³-hybridized carbons (Fsp3) is 0.639. The van der Waals surface area contributed by atoms with Gasteiger partial charge in [0.25, 0.3) is 0 Å². The predicted molar refractivity (Wildman–Crippen MR) is 180 cm³/mol. The molecule has 2 aromatic rings. The van der Waals surface area contributed by atoms with Gasteiger partial charge in [-0.05, 0) is 73.9 Å². The first-order valence-electron chi connectivity index (χ1n) is 16.6. The Morgan fingerprint density at radius 2 is 1.89 bits per heavy atom. The number of ether oxygens (including phenoxy) is 5. The van der Waals surface area contributed by atoms with Gasteiger partial charge in [-0.1, -0.05) is 32.0 Å². The van der Waals surface area contributed by atoms with Crippen LogP contribution in [0.4, 0.5) is 5.69 Å². The number of hydrogen-bond acceptors (Lipinski definition) is 9. The number of carbonyl (C=O) groups excluding carboxylic acids is 1. The molecule has 0 bridgehead atoms. The zero-order valence-corrected chi connectivity index (χ0v) is 28.6. The molecule has 46 heavy (non-hydrogen) atoms. The third-order valence-electron chi connectivity index (χ3n) is 9.02. The van der Waals surface area contributed by atoms with Crippen molar-refractivity contribution in [1.82, 2.24) is 4.90 Å². The van der Waals surface area contributed by atoms with Crippen LogP contribution in [-0.2, 0) is 25.6 Å². The molecule has 10 nitrogen and oxygen atoms in total. The van der Waals surface area contributed by atoms with Gasteiger partial charge in [0.15, 0.2) is 0 Å². The van der Waals surface area contributed by atoms with Crippen LogP contribution < -0.4 is 20.1 Å². The van der Waals surface area contributed by atoms with Gasteiger partial charge in [-0.2, -0.15) is 0 Å². The molecule has 2 unspecified atom stereocenters. The Morgan fingerprint density at radius 1 is 1.13 bits per heavy atom. The van der Waals surface area contributed by atoms with Gasteiger partial charge in [-0.3, -0.25) is 4.79 Å². The summed E-state index contributed by atoms with van der Waals surface area (Å²) in [5.74, 6) is 1.81. The van der Waals surface area contributed by atoms with Crippen molar-refractivity contribution in [3.8, 4) is 11.5 Å². The minimum absolute atomic E-state index is 0.0221. The lowest BCUT2D eigenvalue weighted by Gasteiger charge is -2.47. The molecule has 2 aromatic carbocycles. The van der Waals surface area contributed by atoms with E-state index in [1.54, 1.807) is 28.3 Å². The molecule has 256 valence electrons. The Bertz CT molecular complexity index is 1240. The van der Waals surface area contributed by atoms with Crippen LogP contribution in [0.25, 0.3) is 0 Å². The van der Waals surface area contributed by atoms with E-state index in [2.05, 4.69) is 43.0 Å². The molecule has 4 rings (SSSR count). The summed E-state index contributed by atoms with van der Waals surface area (Å²) in [7, 11) is 4.96. The molecular weight excluding hydrogens is 586 g/mol. The summed E-state index contributed by atoms with van der Waals surface area (Å²) in [6, 6.07) is 13.4. The van der Waals surface area contributed by atoms with Crippen molar-refractivity contribution in [2.75, 3.05) is 65.7 Å². The van der Waals surface area contributed by atoms with Crippen LogP contribution in [0.3, 0.4) is 0 Å². The van der Waals surface area contributed by atoms with E-state index >= 15 is 0 Å². The normalized spacial score (nSPS) is 21.8. The highest BCUT2D eigenvalue weighted by Gasteiger charge is 2.43. The number of fused-ring (bicyclic) bond motifs is 1. The number of likely N-dealkylation sites (tertiary alicyclic amines) is 1. The second-order valence-electron chi connectivity index (χ2n) is 13.5. The average molecular weight is 642 g/mol. The van der Waals surface area contributed by atoms with Crippen molar-refractivity contribution in [1.29, 1.82) is 0 Å². The zero-order chi connectivity index (χ0) is 33.3. The number of methoxy groups -OCH3 is 3. The van der Waals surface area contributed by atoms with E-state index in [9.17, 15) is 9.90 Å². The number of nitrogens with zero attached hydrogens (tertiary/aromatic N) is 2. The van der Waals surface area contributed by atoms with Crippen molar-refractivity contribution in [2.45, 2.75) is 82.8 Å². The van der Waals surface area contributed by atoms with Gasteiger partial charge in [0.05, 0.1) is 50.3 Å². The molecule has 1 fully saturated rings. The zero-order valence-electron chi connectivity index (χ0n) is 28.6. The van der Waals surface area contributed by atoms with Gasteiger partial charge >= 0.3 is 0 Å². The topological polar surface area (TPSA) is 116 Å². The molecule has 0 saturated carbocycles. The maximum Gasteiger partial charge on any atom is 0.239 e. The molecule has 1 amide bonds. The van der Waals surface area contributed by atoms with Crippen LogP contribution in [0.1, 0.15) is 63.5 Å². The van der Waals surface area contributed by atoms with Gasteiger partial charge in [0, 0.05) is 45.9 Å². The van der Waals surface area contributed by atoms with E-state index in [0.717, 1.165) is 47.8 Å². The fourth-order valence-corrected chi connectivity index (χ4v) is 6.82. The summed E-state index contributed by atoms with van der Waals surface area (Å²) in [5, 5.41) is 11.2. The van der Waals surface area contributed by atoms with E-state index in [0.29, 0.717) is 45.6 Å². The largest absolute Gasteiger partial charge is 0.497 e. The Balaban J connectivity index is 1.62. The highest BCUT2D eigenvalue weighted by molar-refractivity contribution is 5.82. The number of piperidine rings is 1. The highest BCUT2D eigenvalue weighted by atomic mass is 16.5. The molecule has 0 aliphatic carbocycles. The average Bonchev–Trinajstić information content (AvgIpc) is 3.03. The number of anilines is 1. The van der Waals surface area contributed by atoms with E-state index in [1.807, 2.05) is 23.1 Å². The van der Waals surface area contributed by atoms with Gasteiger partial charge in [0.1, 0.15) is 18.1 Å². The molecule has 2 heterocycles. The van der Waals surface area contributed by atoms with Crippen LogP contribution in [0.2, 0.25) is 0 Å². The minimum Gasteiger partial charge on any atom is -0.497 e. The molecular formula is C36H55N3O7. The van der Waals surface area contributed by atoms with Crippen molar-refractivity contribution < 1.29 is 33.6 Å². The number of aliphatic hydroxyl groups is 1. The fourth-order valence-electron chi connectivity index (χ4n) is 6.82. The van der Waals surface area contributed by atoms with Crippen LogP contribution >= 0.6 is 0 Å². The van der Waals surface area contributed by atoms with Gasteiger partial charge in [-0.25, -0.2) is 0 Å². The quantitative estimate of drug-likeness (QED) is 0.258. The van der Waals surface area contributed by atoms with Gasteiger partial charge < -0.3 is 44.3 Å². The summed E-state index contributed by atoms with van der Waals surface area (Å²) < 4.78 is 28.7. The Kier molecular flexibility index (Phi) is 13.1. The Morgan fingerprint density at radius 3 is 2.57 bits per heavy atom. The molecule has 0 spiro atoms. The molecule has 0 radical (unpaired) electrons. The summed E-state index contributed by atoms with van der Waals surface area (Å²) >= 11 is 0. The number of carbonyl (C=O) groups is 1. The molecule has 0 aromatic heterocycles. The second kappa shape index (κ2) is 16.8. The maximum atomic E-state index is 13.9. The molecule has 3 N–H and O–H groups in total. The molecule has 10 heteroatoms. The lowest BCUT2D eigenvalue weighted by Crippen LogP contribution is -2.58. The molecule has 2 aliphatic rings. The molecule has 5 atom stereocenters. The third kappa shape index (κ3) is 9.58. The van der Waals surface area contributed by atoms with E-state index in [4.69, 9.17) is 29.4 Å². The summed E-state index contributed by atoms with van der Waals surface area (Å²) in [4.78, 5) is 18.1. The first-order chi connectivity index (χ1) is 22.0. The van der Waals surface area contributed by atoms with E-state index in [1.165, 1.54) is 0 Å². The number of amides is 1. The molecule has 2 aliphatic heterocycles. The van der Waals surface area contributed by atoms with Crippen molar-refractivity contribution in [2.24, 2.45) is 11.7 Å². The van der Waals surface area contributed by atoms with E-state index < -0.39 is 11.6 Å². The summed E-state index contributed by atoms with van der Waals surface area (Å²) in [5.41, 5.74) is 8.58. The lowest BCUT2D eigenvalue weighted by molar-refractivity contribution is -0.145.